The summed E-state index contributed by atoms with van der Waals surface area (Å²) in [5.74, 6) is -0.717. The van der Waals surface area contributed by atoms with Crippen molar-refractivity contribution >= 4 is 23.2 Å². The van der Waals surface area contributed by atoms with Gasteiger partial charge in [0, 0.05) is 12.1 Å². The molecular weight excluding hydrogens is 319 g/mol. The van der Waals surface area contributed by atoms with Crippen LogP contribution in [0.5, 0.6) is 5.75 Å². The summed E-state index contributed by atoms with van der Waals surface area (Å²) in [7, 11) is 2.43. The normalized spacial score (nSPS) is 17.7. The number of halogens is 3. The highest BCUT2D eigenvalue weighted by atomic mass is 32.1. The first-order valence-corrected chi connectivity index (χ1v) is 6.84. The lowest BCUT2D eigenvalue weighted by molar-refractivity contribution is -0.148. The van der Waals surface area contributed by atoms with E-state index in [2.05, 4.69) is 4.74 Å². The van der Waals surface area contributed by atoms with E-state index in [4.69, 9.17) is 17.0 Å². The molecule has 1 atom stereocenters. The average Bonchev–Trinajstić information content (AvgIpc) is 2.44. The lowest BCUT2D eigenvalue weighted by atomic mass is 10.0. The predicted molar refractivity (Wildman–Crippen MR) is 76.8 cm³/mol. The molecule has 0 aliphatic carbocycles. The third-order valence-electron chi connectivity index (χ3n) is 3.51. The van der Waals surface area contributed by atoms with Crippen LogP contribution in [0, 0.1) is 0 Å². The van der Waals surface area contributed by atoms with Crippen LogP contribution in [0.4, 0.5) is 13.2 Å². The number of alkyl halides is 3. The predicted octanol–water partition coefficient (Wildman–Crippen LogP) is 2.64. The van der Waals surface area contributed by atoms with Crippen LogP contribution in [0.3, 0.4) is 0 Å². The third kappa shape index (κ3) is 3.01. The summed E-state index contributed by atoms with van der Waals surface area (Å²) in [6.07, 6.45) is -3.98. The topological polar surface area (TPSA) is 38.8 Å². The number of rotatable bonds is 3. The summed E-state index contributed by atoms with van der Waals surface area (Å²) in [4.78, 5) is 13.3. The number of methoxy groups -OCH3 is 2. The second-order valence-corrected chi connectivity index (χ2v) is 5.13. The second-order valence-electron chi connectivity index (χ2n) is 4.74. The lowest BCUT2D eigenvalue weighted by Crippen LogP contribution is -2.55. The van der Waals surface area contributed by atoms with Crippen molar-refractivity contribution in [3.8, 4) is 5.75 Å². The monoisotopic (exact) mass is 333 g/mol. The minimum Gasteiger partial charge on any atom is -0.496 e. The summed E-state index contributed by atoms with van der Waals surface area (Å²) in [6.45, 7) is 0.506. The maximum atomic E-state index is 13.0. The van der Waals surface area contributed by atoms with Gasteiger partial charge in [-0.05, 0) is 24.6 Å². The first-order chi connectivity index (χ1) is 10.3. The third-order valence-corrected chi connectivity index (χ3v) is 3.98. The molecule has 1 aromatic carbocycles. The lowest BCUT2D eigenvalue weighted by Gasteiger charge is -2.40. The van der Waals surface area contributed by atoms with Gasteiger partial charge in [-0.2, -0.15) is 13.2 Å². The largest absolute Gasteiger partial charge is 0.496 e. The molecule has 0 amide bonds. The highest BCUT2D eigenvalue weighted by Crippen LogP contribution is 2.37. The molecule has 0 saturated carbocycles. The van der Waals surface area contributed by atoms with E-state index < -0.39 is 23.8 Å². The van der Waals surface area contributed by atoms with Crippen LogP contribution in [-0.2, 0) is 15.7 Å². The SMILES string of the molecule is COC(=O)C1CCN1C(=S)c1ccc(OC)c(C(F)(F)F)c1. The summed E-state index contributed by atoms with van der Waals surface area (Å²) < 4.78 is 48.5. The fourth-order valence-corrected chi connectivity index (χ4v) is 2.59. The minimum atomic E-state index is -4.55. The minimum absolute atomic E-state index is 0.190. The zero-order valence-corrected chi connectivity index (χ0v) is 12.8. The number of hydrogen-bond donors (Lipinski definition) is 0. The van der Waals surface area contributed by atoms with Gasteiger partial charge in [-0.1, -0.05) is 12.2 Å². The quantitative estimate of drug-likeness (QED) is 0.628. The van der Waals surface area contributed by atoms with E-state index in [9.17, 15) is 18.0 Å². The number of esters is 1. The first-order valence-electron chi connectivity index (χ1n) is 6.43. The molecule has 1 fully saturated rings. The Labute approximate surface area is 130 Å². The number of benzene rings is 1. The van der Waals surface area contributed by atoms with E-state index in [0.29, 0.717) is 13.0 Å². The smallest absolute Gasteiger partial charge is 0.419 e. The number of carbonyl (C=O) groups is 1. The molecule has 1 saturated heterocycles. The second kappa shape index (κ2) is 6.12. The maximum Gasteiger partial charge on any atom is 0.419 e. The maximum absolute atomic E-state index is 13.0. The highest BCUT2D eigenvalue weighted by Gasteiger charge is 2.38. The molecule has 1 aliphatic heterocycles. The molecule has 1 heterocycles. The molecule has 0 bridgehead atoms. The molecule has 8 heteroatoms. The van der Waals surface area contributed by atoms with Gasteiger partial charge in [0.15, 0.2) is 0 Å². The Hall–Kier alpha value is -1.83. The molecule has 0 radical (unpaired) electrons. The van der Waals surface area contributed by atoms with Crippen molar-refractivity contribution in [2.75, 3.05) is 20.8 Å². The molecule has 1 unspecified atom stereocenters. The van der Waals surface area contributed by atoms with Crippen molar-refractivity contribution in [1.82, 2.24) is 4.90 Å². The van der Waals surface area contributed by atoms with Gasteiger partial charge in [0.1, 0.15) is 16.8 Å². The van der Waals surface area contributed by atoms with Crippen LogP contribution < -0.4 is 4.74 Å². The van der Waals surface area contributed by atoms with Crippen LogP contribution in [0.2, 0.25) is 0 Å². The summed E-state index contributed by atoms with van der Waals surface area (Å²) >= 11 is 5.21. The van der Waals surface area contributed by atoms with Gasteiger partial charge in [0.2, 0.25) is 0 Å². The van der Waals surface area contributed by atoms with E-state index in [1.165, 1.54) is 26.4 Å². The Kier molecular flexibility index (Phi) is 4.60. The van der Waals surface area contributed by atoms with Gasteiger partial charge in [-0.25, -0.2) is 4.79 Å². The first kappa shape index (κ1) is 16.5. The number of ether oxygens (including phenoxy) is 2. The van der Waals surface area contributed by atoms with Gasteiger partial charge in [-0.3, -0.25) is 0 Å². The summed E-state index contributed by atoms with van der Waals surface area (Å²) in [6, 6.07) is 3.07. The number of hydrogen-bond acceptors (Lipinski definition) is 4. The fourth-order valence-electron chi connectivity index (χ4n) is 2.24. The van der Waals surface area contributed by atoms with E-state index in [1.807, 2.05) is 0 Å². The van der Waals surface area contributed by atoms with E-state index >= 15 is 0 Å². The molecule has 1 aliphatic rings. The van der Waals surface area contributed by atoms with E-state index in [-0.39, 0.29) is 16.3 Å². The standard InChI is InChI=1S/C14H14F3NO3S/c1-20-11-4-3-8(7-9(11)14(15,16)17)12(22)18-6-5-10(18)13(19)21-2/h3-4,7,10H,5-6H2,1-2H3. The molecule has 1 aromatic rings. The van der Waals surface area contributed by atoms with Crippen molar-refractivity contribution in [1.29, 1.82) is 0 Å². The van der Waals surface area contributed by atoms with Crippen LogP contribution in [-0.4, -0.2) is 42.7 Å². The average molecular weight is 333 g/mol. The van der Waals surface area contributed by atoms with Crippen LogP contribution in [0.25, 0.3) is 0 Å². The molecule has 22 heavy (non-hydrogen) atoms. The van der Waals surface area contributed by atoms with Gasteiger partial charge in [-0.15, -0.1) is 0 Å². The van der Waals surface area contributed by atoms with Crippen molar-refractivity contribution in [2.45, 2.75) is 18.6 Å². The number of thiocarbonyl (C=S) groups is 1. The molecule has 120 valence electrons. The molecule has 4 nitrogen and oxygen atoms in total. The van der Waals surface area contributed by atoms with Crippen molar-refractivity contribution in [3.63, 3.8) is 0 Å². The summed E-state index contributed by atoms with van der Waals surface area (Å²) in [5, 5.41) is 0. The van der Waals surface area contributed by atoms with Crippen molar-refractivity contribution < 1.29 is 27.4 Å². The number of carbonyl (C=O) groups excluding carboxylic acids is 1. The Bertz CT molecular complexity index is 603. The number of likely N-dealkylation sites (tertiary alicyclic amines) is 1. The Morgan fingerprint density at radius 1 is 1.36 bits per heavy atom. The molecule has 0 aromatic heterocycles. The Morgan fingerprint density at radius 2 is 2.05 bits per heavy atom. The fraction of sp³-hybridized carbons (Fsp3) is 0.429. The van der Waals surface area contributed by atoms with Gasteiger partial charge in [0.25, 0.3) is 0 Å². The van der Waals surface area contributed by atoms with E-state index in [0.717, 1.165) is 6.07 Å². The zero-order chi connectivity index (χ0) is 16.5. The Balaban J connectivity index is 2.30. The van der Waals surface area contributed by atoms with Gasteiger partial charge in [0.05, 0.1) is 19.8 Å². The zero-order valence-electron chi connectivity index (χ0n) is 11.9. The molecule has 0 N–H and O–H groups in total. The van der Waals surface area contributed by atoms with Gasteiger partial charge >= 0.3 is 12.1 Å². The highest BCUT2D eigenvalue weighted by molar-refractivity contribution is 7.80. The summed E-state index contributed by atoms with van der Waals surface area (Å²) in [5.41, 5.74) is -0.679. The van der Waals surface area contributed by atoms with E-state index in [1.54, 1.807) is 4.90 Å². The van der Waals surface area contributed by atoms with Crippen LogP contribution in [0.15, 0.2) is 18.2 Å². The van der Waals surface area contributed by atoms with Gasteiger partial charge < -0.3 is 14.4 Å². The van der Waals surface area contributed by atoms with Crippen LogP contribution >= 0.6 is 12.2 Å². The van der Waals surface area contributed by atoms with Crippen molar-refractivity contribution in [2.24, 2.45) is 0 Å². The van der Waals surface area contributed by atoms with Crippen molar-refractivity contribution in [3.05, 3.63) is 29.3 Å². The molecule has 0 spiro atoms. The van der Waals surface area contributed by atoms with Crippen LogP contribution in [0.1, 0.15) is 17.5 Å². The molecule has 2 rings (SSSR count). The number of nitrogens with zero attached hydrogens (tertiary/aromatic N) is 1. The Morgan fingerprint density at radius 3 is 2.50 bits per heavy atom. The molecular formula is C14H14F3NO3S.